The van der Waals surface area contributed by atoms with Crippen LogP contribution in [0.1, 0.15) is 323 Å². The Hall–Kier alpha value is -2.89. The van der Waals surface area contributed by atoms with Crippen molar-refractivity contribution in [2.24, 2.45) is 0 Å². The van der Waals surface area contributed by atoms with Crippen LogP contribution in [0.15, 0.2) is 60.8 Å². The molecular weight excluding hydrogens is 889 g/mol. The van der Waals surface area contributed by atoms with Crippen molar-refractivity contribution in [2.45, 2.75) is 329 Å². The summed E-state index contributed by atoms with van der Waals surface area (Å²) in [6.45, 7) is 6.48. The highest BCUT2D eigenvalue weighted by Gasteiger charge is 2.19. The second-order valence-corrected chi connectivity index (χ2v) is 20.9. The molecule has 0 saturated carbocycles. The fraction of sp³-hybridized carbons (Fsp3) is 0.803. The molecule has 0 radical (unpaired) electrons. The van der Waals surface area contributed by atoms with Crippen LogP contribution in [0.2, 0.25) is 0 Å². The molecule has 6 nitrogen and oxygen atoms in total. The standard InChI is InChI=1S/C66H118O6/c1-4-7-10-13-16-19-22-24-26-27-28-29-30-31-32-33-34-35-36-37-38-39-41-42-44-47-50-53-56-59-65(68)71-62-63(61-70-64(67)58-55-52-49-46-21-18-15-12-9-6-3)72-66(69)60-57-54-51-48-45-43-40-25-23-20-17-14-11-8-5-2/h8,11-12,15,17,20,25,27-28,40,63H,4-7,9-10,13-14,16,18-19,21-24,26,29-39,41-62H2,1-3H3/b11-8-,15-12-,20-17-,28-27-,40-25-. The SMILES string of the molecule is CC/C=C\C/C=C\C/C=C\CCCCCCCC(=O)OC(COC(=O)CCCCCCC/C=C\CCC)COC(=O)CCCCCCCCCCCCCCCCCCC/C=C\CCCCCCCCCC. The van der Waals surface area contributed by atoms with E-state index in [9.17, 15) is 14.4 Å². The van der Waals surface area contributed by atoms with Crippen LogP contribution in [0.25, 0.3) is 0 Å². The Morgan fingerprint density at radius 3 is 0.917 bits per heavy atom. The molecule has 0 fully saturated rings. The molecule has 0 aromatic heterocycles. The van der Waals surface area contributed by atoms with Gasteiger partial charge in [-0.1, -0.05) is 268 Å². The zero-order valence-corrected chi connectivity index (χ0v) is 47.9. The van der Waals surface area contributed by atoms with E-state index in [2.05, 4.69) is 81.5 Å². The molecule has 0 heterocycles. The molecule has 0 bridgehead atoms. The lowest BCUT2D eigenvalue weighted by atomic mass is 10.0. The Morgan fingerprint density at radius 2 is 0.569 bits per heavy atom. The fourth-order valence-corrected chi connectivity index (χ4v) is 9.04. The van der Waals surface area contributed by atoms with Gasteiger partial charge in [0, 0.05) is 19.3 Å². The van der Waals surface area contributed by atoms with Gasteiger partial charge < -0.3 is 14.2 Å². The van der Waals surface area contributed by atoms with Crippen molar-refractivity contribution in [3.8, 4) is 0 Å². The molecule has 0 aromatic rings. The smallest absolute Gasteiger partial charge is 0.306 e. The Bertz CT molecular complexity index is 1290. The largest absolute Gasteiger partial charge is 0.462 e. The van der Waals surface area contributed by atoms with E-state index in [1.165, 1.54) is 173 Å². The lowest BCUT2D eigenvalue weighted by molar-refractivity contribution is -0.167. The van der Waals surface area contributed by atoms with E-state index < -0.39 is 6.10 Å². The Kier molecular flexibility index (Phi) is 58.2. The molecule has 1 atom stereocenters. The number of unbranched alkanes of at least 4 members (excludes halogenated alkanes) is 36. The Balaban J connectivity index is 4.12. The molecule has 0 N–H and O–H groups in total. The summed E-state index contributed by atoms with van der Waals surface area (Å²) in [4.78, 5) is 38.1. The van der Waals surface area contributed by atoms with Gasteiger partial charge in [-0.25, -0.2) is 0 Å². The summed E-state index contributed by atoms with van der Waals surface area (Å²) in [7, 11) is 0. The molecule has 418 valence electrons. The zero-order valence-electron chi connectivity index (χ0n) is 47.9. The molecule has 1 unspecified atom stereocenters. The number of carbonyl (C=O) groups is 3. The summed E-state index contributed by atoms with van der Waals surface area (Å²) in [5.74, 6) is -0.898. The number of allylic oxidation sites excluding steroid dienone is 10. The van der Waals surface area contributed by atoms with E-state index in [1.807, 2.05) is 0 Å². The van der Waals surface area contributed by atoms with Gasteiger partial charge in [0.1, 0.15) is 13.2 Å². The van der Waals surface area contributed by atoms with Gasteiger partial charge in [-0.05, 0) is 96.3 Å². The van der Waals surface area contributed by atoms with Crippen LogP contribution < -0.4 is 0 Å². The summed E-state index contributed by atoms with van der Waals surface area (Å²) in [5, 5.41) is 0. The van der Waals surface area contributed by atoms with Crippen LogP contribution in [0.5, 0.6) is 0 Å². The van der Waals surface area contributed by atoms with Gasteiger partial charge in [0.25, 0.3) is 0 Å². The summed E-state index contributed by atoms with van der Waals surface area (Å²) < 4.78 is 16.8. The van der Waals surface area contributed by atoms with Crippen molar-refractivity contribution in [2.75, 3.05) is 13.2 Å². The summed E-state index contributed by atoms with van der Waals surface area (Å²) in [6, 6.07) is 0. The second kappa shape index (κ2) is 60.7. The van der Waals surface area contributed by atoms with E-state index in [1.54, 1.807) is 0 Å². The van der Waals surface area contributed by atoms with Gasteiger partial charge in [0.15, 0.2) is 6.10 Å². The first-order chi connectivity index (χ1) is 35.5. The zero-order chi connectivity index (χ0) is 52.2. The monoisotopic (exact) mass is 1010 g/mol. The minimum absolute atomic E-state index is 0.0818. The third-order valence-corrected chi connectivity index (χ3v) is 13.7. The highest BCUT2D eigenvalue weighted by molar-refractivity contribution is 5.71. The van der Waals surface area contributed by atoms with Gasteiger partial charge in [-0.2, -0.15) is 0 Å². The number of ether oxygens (including phenoxy) is 3. The second-order valence-electron chi connectivity index (χ2n) is 20.9. The van der Waals surface area contributed by atoms with Crippen LogP contribution in [0, 0.1) is 0 Å². The molecule has 0 rings (SSSR count). The quantitative estimate of drug-likeness (QED) is 0.0261. The Morgan fingerprint density at radius 1 is 0.292 bits per heavy atom. The number of hydrogen-bond donors (Lipinski definition) is 0. The number of hydrogen-bond acceptors (Lipinski definition) is 6. The summed E-state index contributed by atoms with van der Waals surface area (Å²) in [6.07, 6.45) is 76.8. The first kappa shape index (κ1) is 69.1. The van der Waals surface area contributed by atoms with E-state index in [0.717, 1.165) is 109 Å². The average molecular weight is 1010 g/mol. The maximum Gasteiger partial charge on any atom is 0.306 e. The molecular formula is C66H118O6. The van der Waals surface area contributed by atoms with Crippen LogP contribution in [0.4, 0.5) is 0 Å². The lowest BCUT2D eigenvalue weighted by Gasteiger charge is -2.18. The van der Waals surface area contributed by atoms with Crippen LogP contribution in [-0.4, -0.2) is 37.2 Å². The van der Waals surface area contributed by atoms with Gasteiger partial charge in [-0.15, -0.1) is 0 Å². The number of esters is 3. The average Bonchev–Trinajstić information content (AvgIpc) is 3.38. The predicted molar refractivity (Wildman–Crippen MR) is 312 cm³/mol. The van der Waals surface area contributed by atoms with E-state index in [-0.39, 0.29) is 31.1 Å². The highest BCUT2D eigenvalue weighted by atomic mass is 16.6. The maximum atomic E-state index is 12.8. The topological polar surface area (TPSA) is 78.9 Å². The van der Waals surface area contributed by atoms with Gasteiger partial charge in [0.05, 0.1) is 0 Å². The molecule has 0 aliphatic heterocycles. The molecule has 0 amide bonds. The van der Waals surface area contributed by atoms with Gasteiger partial charge in [-0.3, -0.25) is 14.4 Å². The number of carbonyl (C=O) groups excluding carboxylic acids is 3. The molecule has 72 heavy (non-hydrogen) atoms. The van der Waals surface area contributed by atoms with Crippen LogP contribution in [-0.2, 0) is 28.6 Å². The van der Waals surface area contributed by atoms with Crippen molar-refractivity contribution < 1.29 is 28.6 Å². The van der Waals surface area contributed by atoms with Gasteiger partial charge in [0.2, 0.25) is 0 Å². The van der Waals surface area contributed by atoms with Gasteiger partial charge >= 0.3 is 17.9 Å². The molecule has 0 saturated heterocycles. The van der Waals surface area contributed by atoms with E-state index >= 15 is 0 Å². The molecule has 0 aromatic carbocycles. The molecule has 6 heteroatoms. The maximum absolute atomic E-state index is 12.8. The minimum atomic E-state index is -0.785. The lowest BCUT2D eigenvalue weighted by Crippen LogP contribution is -2.30. The predicted octanol–water partition coefficient (Wildman–Crippen LogP) is 21.2. The van der Waals surface area contributed by atoms with Crippen molar-refractivity contribution in [1.29, 1.82) is 0 Å². The number of rotatable bonds is 57. The van der Waals surface area contributed by atoms with E-state index in [0.29, 0.717) is 19.3 Å². The van der Waals surface area contributed by atoms with Crippen LogP contribution >= 0.6 is 0 Å². The third kappa shape index (κ3) is 58.0. The van der Waals surface area contributed by atoms with Crippen molar-refractivity contribution in [3.63, 3.8) is 0 Å². The minimum Gasteiger partial charge on any atom is -0.462 e. The summed E-state index contributed by atoms with van der Waals surface area (Å²) in [5.41, 5.74) is 0. The molecule has 0 aliphatic carbocycles. The van der Waals surface area contributed by atoms with Crippen molar-refractivity contribution in [1.82, 2.24) is 0 Å². The molecule has 0 aliphatic rings. The highest BCUT2D eigenvalue weighted by Crippen LogP contribution is 2.17. The molecule has 0 spiro atoms. The van der Waals surface area contributed by atoms with E-state index in [4.69, 9.17) is 14.2 Å². The first-order valence-electron chi connectivity index (χ1n) is 31.3. The van der Waals surface area contributed by atoms with Crippen molar-refractivity contribution >= 4 is 17.9 Å². The fourth-order valence-electron chi connectivity index (χ4n) is 9.04. The third-order valence-electron chi connectivity index (χ3n) is 13.7. The first-order valence-corrected chi connectivity index (χ1v) is 31.3. The summed E-state index contributed by atoms with van der Waals surface area (Å²) >= 11 is 0. The normalized spacial score (nSPS) is 12.4. The Labute approximate surface area is 447 Å². The van der Waals surface area contributed by atoms with Crippen molar-refractivity contribution in [3.05, 3.63) is 60.8 Å². The van der Waals surface area contributed by atoms with Crippen LogP contribution in [0.3, 0.4) is 0 Å².